The number of nitrogens with zero attached hydrogens (tertiary/aromatic N) is 5. The van der Waals surface area contributed by atoms with E-state index in [9.17, 15) is 14.9 Å². The summed E-state index contributed by atoms with van der Waals surface area (Å²) in [6, 6.07) is 21.7. The molecular formula is C31H25N5O5. The number of carbonyl (C=O) groups excluding carboxylic acids is 1. The number of ether oxygens (including phenoxy) is 2. The molecule has 2 aromatic heterocycles. The molecule has 1 aliphatic rings. The van der Waals surface area contributed by atoms with Crippen LogP contribution in [0.4, 0.5) is 5.95 Å². The van der Waals surface area contributed by atoms with Gasteiger partial charge in [0.05, 0.1) is 37.5 Å². The second kappa shape index (κ2) is 10.3. The molecule has 0 saturated carbocycles. The molecule has 41 heavy (non-hydrogen) atoms. The van der Waals surface area contributed by atoms with E-state index in [-0.39, 0.29) is 17.3 Å². The summed E-state index contributed by atoms with van der Waals surface area (Å²) in [6.45, 7) is 0.481. The minimum atomic E-state index is -0.540. The molecule has 0 fully saturated rings. The molecule has 0 radical (unpaired) electrons. The van der Waals surface area contributed by atoms with Gasteiger partial charge in [-0.05, 0) is 53.4 Å². The van der Waals surface area contributed by atoms with E-state index in [1.165, 1.54) is 18.8 Å². The molecule has 0 amide bonds. The molecule has 0 bridgehead atoms. The van der Waals surface area contributed by atoms with Gasteiger partial charge in [-0.15, -0.1) is 0 Å². The van der Waals surface area contributed by atoms with Crippen LogP contribution in [0.25, 0.3) is 22.7 Å². The zero-order valence-electron chi connectivity index (χ0n) is 22.6. The molecule has 0 saturated heterocycles. The van der Waals surface area contributed by atoms with Crippen LogP contribution in [-0.2, 0) is 18.2 Å². The van der Waals surface area contributed by atoms with Crippen LogP contribution >= 0.6 is 0 Å². The third-order valence-electron chi connectivity index (χ3n) is 7.35. The fraction of sp³-hybridized carbons (Fsp3) is 0.194. The maximum atomic E-state index is 13.7. The van der Waals surface area contributed by atoms with Gasteiger partial charge in [0.2, 0.25) is 11.7 Å². The second-order valence-electron chi connectivity index (χ2n) is 9.59. The molecule has 0 spiro atoms. The third kappa shape index (κ3) is 4.28. The van der Waals surface area contributed by atoms with Crippen molar-refractivity contribution in [2.45, 2.75) is 12.5 Å². The Kier molecular flexibility index (Phi) is 6.47. The Morgan fingerprint density at radius 2 is 1.83 bits per heavy atom. The largest absolute Gasteiger partial charge is 0.489 e. The number of hydrogen-bond donors (Lipinski definition) is 0. The molecule has 3 heterocycles. The van der Waals surface area contributed by atoms with Gasteiger partial charge in [0, 0.05) is 13.6 Å². The summed E-state index contributed by atoms with van der Waals surface area (Å²) in [4.78, 5) is 37.6. The van der Waals surface area contributed by atoms with E-state index in [1.54, 1.807) is 37.4 Å². The number of fused-ring (bicyclic) bond motifs is 2. The van der Waals surface area contributed by atoms with E-state index < -0.39 is 17.6 Å². The minimum absolute atomic E-state index is 0.00201. The first-order chi connectivity index (χ1) is 19.9. The van der Waals surface area contributed by atoms with Crippen molar-refractivity contribution in [2.24, 2.45) is 7.05 Å². The van der Waals surface area contributed by atoms with Gasteiger partial charge >= 0.3 is 5.97 Å². The van der Waals surface area contributed by atoms with E-state index in [0.717, 1.165) is 11.1 Å². The van der Waals surface area contributed by atoms with Crippen LogP contribution < -0.4 is 15.2 Å². The number of para-hydroxylation sites is 2. The SMILES string of the molecule is COC(=O)c1ccc2c(c1)C(c1ccccc1C#N)N(c1nc(-c3nc4ccccc4o3)c(OC)c(=O)n1C)CC2. The number of oxazole rings is 1. The Labute approximate surface area is 235 Å². The molecule has 3 aromatic carbocycles. The summed E-state index contributed by atoms with van der Waals surface area (Å²) in [5.74, 6) is 0.0221. The number of nitriles is 1. The smallest absolute Gasteiger partial charge is 0.337 e. The number of hydrogen-bond acceptors (Lipinski definition) is 9. The lowest BCUT2D eigenvalue weighted by Gasteiger charge is -2.39. The first kappa shape index (κ1) is 25.8. The Hall–Kier alpha value is -5.43. The Bertz CT molecular complexity index is 1890. The highest BCUT2D eigenvalue weighted by Gasteiger charge is 2.35. The third-order valence-corrected chi connectivity index (χ3v) is 7.35. The fourth-order valence-corrected chi connectivity index (χ4v) is 5.38. The molecule has 6 rings (SSSR count). The van der Waals surface area contributed by atoms with Crippen molar-refractivity contribution in [1.29, 1.82) is 5.26 Å². The van der Waals surface area contributed by atoms with Crippen molar-refractivity contribution in [1.82, 2.24) is 14.5 Å². The summed E-state index contributed by atoms with van der Waals surface area (Å²) >= 11 is 0. The first-order valence-electron chi connectivity index (χ1n) is 12.9. The zero-order chi connectivity index (χ0) is 28.7. The molecule has 10 nitrogen and oxygen atoms in total. The minimum Gasteiger partial charge on any atom is -0.489 e. The normalized spacial score (nSPS) is 14.4. The van der Waals surface area contributed by atoms with Crippen LogP contribution in [0.2, 0.25) is 0 Å². The van der Waals surface area contributed by atoms with Gasteiger partial charge in [0.25, 0.3) is 11.4 Å². The van der Waals surface area contributed by atoms with E-state index >= 15 is 0 Å². The Morgan fingerprint density at radius 1 is 1.05 bits per heavy atom. The number of benzene rings is 3. The lowest BCUT2D eigenvalue weighted by atomic mass is 9.85. The Morgan fingerprint density at radius 3 is 2.59 bits per heavy atom. The quantitative estimate of drug-likeness (QED) is 0.294. The molecule has 204 valence electrons. The molecule has 0 aliphatic carbocycles. The predicted molar refractivity (Wildman–Crippen MR) is 151 cm³/mol. The fourth-order valence-electron chi connectivity index (χ4n) is 5.38. The van der Waals surface area contributed by atoms with Gasteiger partial charge < -0.3 is 18.8 Å². The topological polar surface area (TPSA) is 123 Å². The van der Waals surface area contributed by atoms with Gasteiger partial charge in [-0.3, -0.25) is 9.36 Å². The van der Waals surface area contributed by atoms with Crippen LogP contribution in [0.15, 0.2) is 75.9 Å². The average Bonchev–Trinajstić information content (AvgIpc) is 3.45. The van der Waals surface area contributed by atoms with E-state index in [2.05, 4.69) is 11.1 Å². The summed E-state index contributed by atoms with van der Waals surface area (Å²) in [6.07, 6.45) is 0.613. The molecule has 1 aliphatic heterocycles. The summed E-state index contributed by atoms with van der Waals surface area (Å²) in [5.41, 5.74) is 4.33. The number of carbonyl (C=O) groups is 1. The summed E-state index contributed by atoms with van der Waals surface area (Å²) < 4.78 is 17.9. The number of esters is 1. The molecular weight excluding hydrogens is 522 g/mol. The second-order valence-corrected chi connectivity index (χ2v) is 9.59. The number of rotatable bonds is 5. The number of anilines is 1. The molecule has 0 N–H and O–H groups in total. The van der Waals surface area contributed by atoms with Crippen LogP contribution in [0.3, 0.4) is 0 Å². The van der Waals surface area contributed by atoms with Gasteiger partial charge in [-0.2, -0.15) is 5.26 Å². The van der Waals surface area contributed by atoms with E-state index in [1.807, 2.05) is 41.3 Å². The molecule has 1 atom stereocenters. The average molecular weight is 548 g/mol. The first-order valence-corrected chi connectivity index (χ1v) is 12.9. The highest BCUT2D eigenvalue weighted by molar-refractivity contribution is 5.90. The lowest BCUT2D eigenvalue weighted by molar-refractivity contribution is 0.0600. The highest BCUT2D eigenvalue weighted by atomic mass is 16.5. The molecule has 1 unspecified atom stereocenters. The standard InChI is InChI=1S/C31H25N5O5/c1-35-29(37)27(39-2)25(28-33-23-10-6-7-11-24(23)41-28)34-31(35)36-15-14-18-12-13-19(30(38)40-3)16-22(18)26(36)21-9-5-4-8-20(21)17-32/h4-13,16,26H,14-15H2,1-3H3. The van der Waals surface area contributed by atoms with Gasteiger partial charge in [0.15, 0.2) is 11.3 Å². The Balaban J connectivity index is 1.60. The lowest BCUT2D eigenvalue weighted by Crippen LogP contribution is -2.41. The highest BCUT2D eigenvalue weighted by Crippen LogP contribution is 2.40. The van der Waals surface area contributed by atoms with Gasteiger partial charge in [-0.25, -0.2) is 14.8 Å². The summed E-state index contributed by atoms with van der Waals surface area (Å²) in [7, 11) is 4.36. The van der Waals surface area contributed by atoms with Crippen LogP contribution in [0, 0.1) is 11.3 Å². The number of aromatic nitrogens is 3. The van der Waals surface area contributed by atoms with Crippen molar-refractivity contribution in [3.05, 3.63) is 105 Å². The summed E-state index contributed by atoms with van der Waals surface area (Å²) in [5, 5.41) is 10.0. The van der Waals surface area contributed by atoms with Crippen molar-refractivity contribution in [2.75, 3.05) is 25.7 Å². The van der Waals surface area contributed by atoms with Crippen LogP contribution in [0.1, 0.15) is 38.7 Å². The van der Waals surface area contributed by atoms with Crippen LogP contribution in [-0.4, -0.2) is 41.3 Å². The van der Waals surface area contributed by atoms with Gasteiger partial charge in [-0.1, -0.05) is 36.4 Å². The van der Waals surface area contributed by atoms with E-state index in [4.69, 9.17) is 18.9 Å². The van der Waals surface area contributed by atoms with Crippen molar-refractivity contribution in [3.63, 3.8) is 0 Å². The van der Waals surface area contributed by atoms with Crippen molar-refractivity contribution in [3.8, 4) is 23.4 Å². The maximum absolute atomic E-state index is 13.7. The van der Waals surface area contributed by atoms with E-state index in [0.29, 0.717) is 46.7 Å². The van der Waals surface area contributed by atoms with Crippen LogP contribution in [0.5, 0.6) is 5.75 Å². The van der Waals surface area contributed by atoms with Crippen molar-refractivity contribution < 1.29 is 18.7 Å². The molecule has 10 heteroatoms. The van der Waals surface area contributed by atoms with Gasteiger partial charge in [0.1, 0.15) is 5.52 Å². The monoisotopic (exact) mass is 547 g/mol. The molecule has 5 aromatic rings. The zero-order valence-corrected chi connectivity index (χ0v) is 22.6. The predicted octanol–water partition coefficient (Wildman–Crippen LogP) is 4.41. The maximum Gasteiger partial charge on any atom is 0.337 e. The van der Waals surface area contributed by atoms with Crippen molar-refractivity contribution >= 4 is 23.0 Å². The number of methoxy groups -OCH3 is 2.